The molecule has 0 aliphatic rings. The lowest BCUT2D eigenvalue weighted by Gasteiger charge is -2.15. The Kier molecular flexibility index (Phi) is 4.39. The van der Waals surface area contributed by atoms with Crippen molar-refractivity contribution in [3.05, 3.63) is 27.8 Å². The highest BCUT2D eigenvalue weighted by Gasteiger charge is 2.11. The lowest BCUT2D eigenvalue weighted by molar-refractivity contribution is 0.258. The van der Waals surface area contributed by atoms with Crippen molar-refractivity contribution in [2.75, 3.05) is 13.8 Å². The standard InChI is InChI=1S/C11H16ClNO2/c1-7-4-10(15-3)9(5-13-6-14)8(2)11(7)12/h4,13-14H,5-6H2,1-3H3. The highest BCUT2D eigenvalue weighted by molar-refractivity contribution is 6.32. The van der Waals surface area contributed by atoms with Crippen molar-refractivity contribution < 1.29 is 9.84 Å². The number of halogens is 1. The molecule has 0 amide bonds. The first-order valence-electron chi connectivity index (χ1n) is 4.76. The molecule has 0 unspecified atom stereocenters. The Labute approximate surface area is 95.0 Å². The van der Waals surface area contributed by atoms with Crippen LogP contribution in [-0.2, 0) is 6.54 Å². The van der Waals surface area contributed by atoms with Crippen LogP contribution in [0.15, 0.2) is 6.07 Å². The smallest absolute Gasteiger partial charge is 0.123 e. The van der Waals surface area contributed by atoms with Gasteiger partial charge in [-0.2, -0.15) is 0 Å². The van der Waals surface area contributed by atoms with Crippen molar-refractivity contribution in [3.63, 3.8) is 0 Å². The molecule has 0 saturated carbocycles. The van der Waals surface area contributed by atoms with Crippen LogP contribution in [0.5, 0.6) is 5.75 Å². The van der Waals surface area contributed by atoms with E-state index in [4.69, 9.17) is 21.4 Å². The molecule has 3 nitrogen and oxygen atoms in total. The zero-order valence-electron chi connectivity index (χ0n) is 9.22. The van der Waals surface area contributed by atoms with Gasteiger partial charge in [0, 0.05) is 17.1 Å². The monoisotopic (exact) mass is 229 g/mol. The summed E-state index contributed by atoms with van der Waals surface area (Å²) in [5, 5.41) is 12.3. The fourth-order valence-corrected chi connectivity index (χ4v) is 1.71. The third-order valence-corrected chi connectivity index (χ3v) is 2.99. The van der Waals surface area contributed by atoms with Gasteiger partial charge in [0.2, 0.25) is 0 Å². The predicted molar refractivity (Wildman–Crippen MR) is 61.4 cm³/mol. The topological polar surface area (TPSA) is 41.5 Å². The van der Waals surface area contributed by atoms with E-state index in [1.807, 2.05) is 19.9 Å². The molecule has 0 atom stereocenters. The fourth-order valence-electron chi connectivity index (χ4n) is 1.54. The zero-order valence-corrected chi connectivity index (χ0v) is 9.98. The number of ether oxygens (including phenoxy) is 1. The Morgan fingerprint density at radius 1 is 1.47 bits per heavy atom. The van der Waals surface area contributed by atoms with Crippen molar-refractivity contribution >= 4 is 11.6 Å². The molecular formula is C11H16ClNO2. The molecule has 0 aliphatic carbocycles. The van der Waals surface area contributed by atoms with E-state index in [1.165, 1.54) is 0 Å². The Bertz CT molecular complexity index is 353. The van der Waals surface area contributed by atoms with Crippen molar-refractivity contribution in [1.82, 2.24) is 5.32 Å². The van der Waals surface area contributed by atoms with Crippen LogP contribution in [0.1, 0.15) is 16.7 Å². The van der Waals surface area contributed by atoms with E-state index in [0.717, 1.165) is 27.5 Å². The summed E-state index contributed by atoms with van der Waals surface area (Å²) in [4.78, 5) is 0. The van der Waals surface area contributed by atoms with Crippen LogP contribution < -0.4 is 10.1 Å². The van der Waals surface area contributed by atoms with Gasteiger partial charge in [-0.25, -0.2) is 0 Å². The molecule has 0 heterocycles. The molecule has 1 aromatic rings. The SMILES string of the molecule is COc1cc(C)c(Cl)c(C)c1CNCO. The molecule has 0 spiro atoms. The summed E-state index contributed by atoms with van der Waals surface area (Å²) in [6, 6.07) is 1.91. The Hall–Kier alpha value is -0.770. The Morgan fingerprint density at radius 2 is 2.13 bits per heavy atom. The molecule has 2 N–H and O–H groups in total. The molecule has 0 saturated heterocycles. The van der Waals surface area contributed by atoms with E-state index in [9.17, 15) is 0 Å². The number of hydrogen-bond donors (Lipinski definition) is 2. The number of rotatable bonds is 4. The molecule has 15 heavy (non-hydrogen) atoms. The van der Waals surface area contributed by atoms with Gasteiger partial charge in [-0.1, -0.05) is 11.6 Å². The van der Waals surface area contributed by atoms with Gasteiger partial charge in [0.15, 0.2) is 0 Å². The van der Waals surface area contributed by atoms with Crippen molar-refractivity contribution in [2.24, 2.45) is 0 Å². The van der Waals surface area contributed by atoms with Crippen LogP contribution in [0.3, 0.4) is 0 Å². The molecule has 1 aromatic carbocycles. The van der Waals surface area contributed by atoms with Crippen molar-refractivity contribution in [2.45, 2.75) is 20.4 Å². The third-order valence-electron chi connectivity index (χ3n) is 2.41. The van der Waals surface area contributed by atoms with Gasteiger partial charge < -0.3 is 9.84 Å². The minimum atomic E-state index is -0.0614. The van der Waals surface area contributed by atoms with E-state index >= 15 is 0 Å². The number of aryl methyl sites for hydroxylation is 1. The van der Waals surface area contributed by atoms with Gasteiger partial charge in [-0.15, -0.1) is 0 Å². The molecule has 1 rings (SSSR count). The first-order chi connectivity index (χ1) is 7.11. The third kappa shape index (κ3) is 2.62. The molecule has 0 radical (unpaired) electrons. The molecule has 0 fully saturated rings. The fraction of sp³-hybridized carbons (Fsp3) is 0.455. The van der Waals surface area contributed by atoms with Gasteiger partial charge in [-0.05, 0) is 31.0 Å². The highest BCUT2D eigenvalue weighted by Crippen LogP contribution is 2.31. The average Bonchev–Trinajstić information content (AvgIpc) is 2.24. The quantitative estimate of drug-likeness (QED) is 0.777. The van der Waals surface area contributed by atoms with Gasteiger partial charge in [0.25, 0.3) is 0 Å². The summed E-state index contributed by atoms with van der Waals surface area (Å²) in [5.74, 6) is 0.801. The summed E-state index contributed by atoms with van der Waals surface area (Å²) in [5.41, 5.74) is 2.98. The number of aliphatic hydroxyl groups is 1. The minimum Gasteiger partial charge on any atom is -0.496 e. The maximum atomic E-state index is 8.72. The van der Waals surface area contributed by atoms with Gasteiger partial charge >= 0.3 is 0 Å². The van der Waals surface area contributed by atoms with Crippen molar-refractivity contribution in [3.8, 4) is 5.75 Å². The first-order valence-corrected chi connectivity index (χ1v) is 5.13. The number of hydrogen-bond acceptors (Lipinski definition) is 3. The van der Waals surface area contributed by atoms with E-state index in [-0.39, 0.29) is 6.73 Å². The van der Waals surface area contributed by atoms with Crippen LogP contribution in [0.2, 0.25) is 5.02 Å². The van der Waals surface area contributed by atoms with Crippen LogP contribution in [-0.4, -0.2) is 18.9 Å². The molecule has 0 bridgehead atoms. The summed E-state index contributed by atoms with van der Waals surface area (Å²) in [6.07, 6.45) is 0. The molecule has 84 valence electrons. The number of methoxy groups -OCH3 is 1. The van der Waals surface area contributed by atoms with Crippen LogP contribution in [0.4, 0.5) is 0 Å². The number of aliphatic hydroxyl groups excluding tert-OH is 1. The van der Waals surface area contributed by atoms with E-state index in [1.54, 1.807) is 7.11 Å². The molecule has 0 aliphatic heterocycles. The highest BCUT2D eigenvalue weighted by atomic mass is 35.5. The summed E-state index contributed by atoms with van der Waals surface area (Å²) >= 11 is 6.14. The first kappa shape index (κ1) is 12.3. The average molecular weight is 230 g/mol. The van der Waals surface area contributed by atoms with E-state index in [2.05, 4.69) is 5.32 Å². The minimum absolute atomic E-state index is 0.0614. The van der Waals surface area contributed by atoms with Crippen LogP contribution >= 0.6 is 11.6 Å². The summed E-state index contributed by atoms with van der Waals surface area (Å²) in [6.45, 7) is 4.38. The normalized spacial score (nSPS) is 10.5. The lowest BCUT2D eigenvalue weighted by atomic mass is 10.0. The molecular weight excluding hydrogens is 214 g/mol. The van der Waals surface area contributed by atoms with E-state index < -0.39 is 0 Å². The summed E-state index contributed by atoms with van der Waals surface area (Å²) in [7, 11) is 1.63. The molecule has 4 heteroatoms. The van der Waals surface area contributed by atoms with Gasteiger partial charge in [0.05, 0.1) is 13.8 Å². The zero-order chi connectivity index (χ0) is 11.4. The lowest BCUT2D eigenvalue weighted by Crippen LogP contribution is -2.15. The maximum Gasteiger partial charge on any atom is 0.123 e. The van der Waals surface area contributed by atoms with Crippen LogP contribution in [0.25, 0.3) is 0 Å². The predicted octanol–water partition coefficient (Wildman–Crippen LogP) is 2.00. The summed E-state index contributed by atoms with van der Waals surface area (Å²) < 4.78 is 5.28. The number of nitrogens with one attached hydrogen (secondary N) is 1. The number of benzene rings is 1. The maximum absolute atomic E-state index is 8.72. The largest absolute Gasteiger partial charge is 0.496 e. The second-order valence-corrected chi connectivity index (χ2v) is 3.78. The second kappa shape index (κ2) is 5.35. The molecule has 0 aromatic heterocycles. The van der Waals surface area contributed by atoms with Crippen molar-refractivity contribution in [1.29, 1.82) is 0 Å². The Morgan fingerprint density at radius 3 is 2.67 bits per heavy atom. The van der Waals surface area contributed by atoms with Crippen LogP contribution in [0, 0.1) is 13.8 Å². The second-order valence-electron chi connectivity index (χ2n) is 3.40. The van der Waals surface area contributed by atoms with Gasteiger partial charge in [0.1, 0.15) is 5.75 Å². The van der Waals surface area contributed by atoms with E-state index in [0.29, 0.717) is 6.54 Å². The van der Waals surface area contributed by atoms with Gasteiger partial charge in [-0.3, -0.25) is 5.32 Å². The Balaban J connectivity index is 3.15.